The quantitative estimate of drug-likeness (QED) is 0.609. The Morgan fingerprint density at radius 1 is 0.833 bits per heavy atom. The average molecular weight is 236 g/mol. The molecule has 0 unspecified atom stereocenters. The van der Waals surface area contributed by atoms with Gasteiger partial charge in [0.05, 0.1) is 0 Å². The summed E-state index contributed by atoms with van der Waals surface area (Å²) in [6, 6.07) is 11.2. The highest BCUT2D eigenvalue weighted by Gasteiger charge is 2.36. The van der Waals surface area contributed by atoms with Crippen molar-refractivity contribution in [1.29, 1.82) is 0 Å². The Labute approximate surface area is 110 Å². The molecule has 0 heteroatoms. The zero-order valence-corrected chi connectivity index (χ0v) is 11.9. The van der Waals surface area contributed by atoms with Crippen LogP contribution in [-0.4, -0.2) is 0 Å². The van der Waals surface area contributed by atoms with E-state index < -0.39 is 0 Å². The molecular formula is C18H20. The predicted molar refractivity (Wildman–Crippen MR) is 78.2 cm³/mol. The molecular weight excluding hydrogens is 216 g/mol. The first-order valence-corrected chi connectivity index (χ1v) is 6.65. The summed E-state index contributed by atoms with van der Waals surface area (Å²) >= 11 is 0. The SMILES string of the molecule is Cc1cc2c(c(C)c1C)-c1ccccc1C2(C)C. The molecule has 0 heterocycles. The second-order valence-corrected chi connectivity index (χ2v) is 6.04. The molecule has 0 radical (unpaired) electrons. The molecule has 0 bridgehead atoms. The van der Waals surface area contributed by atoms with Crippen molar-refractivity contribution in [1.82, 2.24) is 0 Å². The molecule has 0 fully saturated rings. The summed E-state index contributed by atoms with van der Waals surface area (Å²) in [5.74, 6) is 0. The third-order valence-corrected chi connectivity index (χ3v) is 4.70. The number of aryl methyl sites for hydroxylation is 1. The van der Waals surface area contributed by atoms with Crippen LogP contribution in [0.5, 0.6) is 0 Å². The van der Waals surface area contributed by atoms with Crippen molar-refractivity contribution in [3.8, 4) is 11.1 Å². The van der Waals surface area contributed by atoms with E-state index in [9.17, 15) is 0 Å². The standard InChI is InChI=1S/C18H20/c1-11-10-16-17(13(3)12(11)2)14-8-6-7-9-15(14)18(16,4)5/h6-10H,1-5H3. The summed E-state index contributed by atoms with van der Waals surface area (Å²) < 4.78 is 0. The predicted octanol–water partition coefficient (Wildman–Crippen LogP) is 4.92. The summed E-state index contributed by atoms with van der Waals surface area (Å²) in [6.45, 7) is 11.4. The number of rotatable bonds is 0. The van der Waals surface area contributed by atoms with Crippen LogP contribution in [0.2, 0.25) is 0 Å². The van der Waals surface area contributed by atoms with Crippen LogP contribution in [0.1, 0.15) is 41.7 Å². The van der Waals surface area contributed by atoms with E-state index in [1.165, 1.54) is 38.9 Å². The minimum atomic E-state index is 0.134. The molecule has 0 N–H and O–H groups in total. The lowest BCUT2D eigenvalue weighted by molar-refractivity contribution is 0.659. The van der Waals surface area contributed by atoms with Crippen molar-refractivity contribution < 1.29 is 0 Å². The van der Waals surface area contributed by atoms with Gasteiger partial charge in [-0.15, -0.1) is 0 Å². The minimum absolute atomic E-state index is 0.134. The molecule has 0 amide bonds. The maximum Gasteiger partial charge on any atom is 0.0159 e. The topological polar surface area (TPSA) is 0 Å². The normalized spacial score (nSPS) is 15.4. The molecule has 2 aromatic carbocycles. The molecule has 0 spiro atoms. The largest absolute Gasteiger partial charge is 0.0619 e. The Morgan fingerprint density at radius 3 is 2.22 bits per heavy atom. The second-order valence-electron chi connectivity index (χ2n) is 6.04. The van der Waals surface area contributed by atoms with Gasteiger partial charge in [-0.25, -0.2) is 0 Å². The van der Waals surface area contributed by atoms with Gasteiger partial charge in [0.25, 0.3) is 0 Å². The fourth-order valence-corrected chi connectivity index (χ4v) is 3.31. The Bertz CT molecular complexity index is 645. The molecule has 0 saturated heterocycles. The van der Waals surface area contributed by atoms with Crippen LogP contribution in [-0.2, 0) is 5.41 Å². The monoisotopic (exact) mass is 236 g/mol. The Balaban J connectivity index is 2.47. The van der Waals surface area contributed by atoms with Gasteiger partial charge in [0.15, 0.2) is 0 Å². The van der Waals surface area contributed by atoms with Gasteiger partial charge in [-0.3, -0.25) is 0 Å². The van der Waals surface area contributed by atoms with Crippen molar-refractivity contribution in [3.05, 3.63) is 58.1 Å². The first-order valence-electron chi connectivity index (χ1n) is 6.65. The summed E-state index contributed by atoms with van der Waals surface area (Å²) in [4.78, 5) is 0. The zero-order valence-electron chi connectivity index (χ0n) is 11.9. The number of hydrogen-bond acceptors (Lipinski definition) is 0. The highest BCUT2D eigenvalue weighted by atomic mass is 14.4. The molecule has 0 aliphatic heterocycles. The van der Waals surface area contributed by atoms with E-state index in [0.717, 1.165) is 0 Å². The molecule has 3 rings (SSSR count). The van der Waals surface area contributed by atoms with Crippen LogP contribution in [0.25, 0.3) is 11.1 Å². The first-order chi connectivity index (χ1) is 8.44. The summed E-state index contributed by atoms with van der Waals surface area (Å²) in [6.07, 6.45) is 0. The van der Waals surface area contributed by atoms with Crippen LogP contribution >= 0.6 is 0 Å². The molecule has 0 atom stereocenters. The van der Waals surface area contributed by atoms with E-state index >= 15 is 0 Å². The van der Waals surface area contributed by atoms with Crippen LogP contribution < -0.4 is 0 Å². The molecule has 1 aliphatic rings. The van der Waals surface area contributed by atoms with Crippen molar-refractivity contribution in [2.45, 2.75) is 40.0 Å². The van der Waals surface area contributed by atoms with Crippen LogP contribution in [0.15, 0.2) is 30.3 Å². The van der Waals surface area contributed by atoms with Gasteiger partial charge >= 0.3 is 0 Å². The van der Waals surface area contributed by atoms with Gasteiger partial charge in [-0.05, 0) is 59.7 Å². The van der Waals surface area contributed by atoms with Gasteiger partial charge in [0.2, 0.25) is 0 Å². The third kappa shape index (κ3) is 1.26. The fourth-order valence-electron chi connectivity index (χ4n) is 3.31. The van der Waals surface area contributed by atoms with Crippen molar-refractivity contribution >= 4 is 0 Å². The van der Waals surface area contributed by atoms with E-state index in [-0.39, 0.29) is 5.41 Å². The molecule has 0 saturated carbocycles. The second kappa shape index (κ2) is 3.47. The molecule has 1 aliphatic carbocycles. The number of hydrogen-bond donors (Lipinski definition) is 0. The van der Waals surface area contributed by atoms with E-state index in [2.05, 4.69) is 65.0 Å². The first kappa shape index (κ1) is 11.5. The average Bonchev–Trinajstić information content (AvgIpc) is 2.56. The van der Waals surface area contributed by atoms with Gasteiger partial charge in [0, 0.05) is 5.41 Å². The summed E-state index contributed by atoms with van der Waals surface area (Å²) in [5, 5.41) is 0. The Morgan fingerprint density at radius 2 is 1.50 bits per heavy atom. The summed E-state index contributed by atoms with van der Waals surface area (Å²) in [7, 11) is 0. The highest BCUT2D eigenvalue weighted by molar-refractivity contribution is 5.84. The lowest BCUT2D eigenvalue weighted by Gasteiger charge is -2.22. The molecule has 18 heavy (non-hydrogen) atoms. The smallest absolute Gasteiger partial charge is 0.0159 e. The Kier molecular flexibility index (Phi) is 2.22. The van der Waals surface area contributed by atoms with Crippen LogP contribution in [0.3, 0.4) is 0 Å². The number of fused-ring (bicyclic) bond motifs is 3. The van der Waals surface area contributed by atoms with Gasteiger partial charge in [-0.2, -0.15) is 0 Å². The fraction of sp³-hybridized carbons (Fsp3) is 0.333. The molecule has 2 aromatic rings. The maximum atomic E-state index is 2.39. The van der Waals surface area contributed by atoms with Crippen molar-refractivity contribution in [2.24, 2.45) is 0 Å². The van der Waals surface area contributed by atoms with Crippen molar-refractivity contribution in [2.75, 3.05) is 0 Å². The number of benzene rings is 2. The van der Waals surface area contributed by atoms with Crippen molar-refractivity contribution in [3.63, 3.8) is 0 Å². The van der Waals surface area contributed by atoms with Crippen LogP contribution in [0, 0.1) is 20.8 Å². The lowest BCUT2D eigenvalue weighted by atomic mass is 9.81. The zero-order chi connectivity index (χ0) is 13.1. The summed E-state index contributed by atoms with van der Waals surface area (Å²) in [5.41, 5.74) is 10.3. The Hall–Kier alpha value is -1.56. The highest BCUT2D eigenvalue weighted by Crippen LogP contribution is 2.50. The van der Waals surface area contributed by atoms with E-state index in [1.54, 1.807) is 0 Å². The van der Waals surface area contributed by atoms with E-state index in [1.807, 2.05) is 0 Å². The van der Waals surface area contributed by atoms with Crippen LogP contribution in [0.4, 0.5) is 0 Å². The van der Waals surface area contributed by atoms with E-state index in [4.69, 9.17) is 0 Å². The molecule has 0 nitrogen and oxygen atoms in total. The molecule has 92 valence electrons. The van der Waals surface area contributed by atoms with E-state index in [0.29, 0.717) is 0 Å². The van der Waals surface area contributed by atoms with Gasteiger partial charge < -0.3 is 0 Å². The minimum Gasteiger partial charge on any atom is -0.0619 e. The third-order valence-electron chi connectivity index (χ3n) is 4.70. The van der Waals surface area contributed by atoms with Gasteiger partial charge in [-0.1, -0.05) is 44.2 Å². The molecule has 0 aromatic heterocycles. The van der Waals surface area contributed by atoms with Gasteiger partial charge in [0.1, 0.15) is 0 Å². The maximum absolute atomic E-state index is 2.39. The lowest BCUT2D eigenvalue weighted by Crippen LogP contribution is -2.15.